The summed E-state index contributed by atoms with van der Waals surface area (Å²) < 4.78 is 49.6. The number of amides is 5. The fraction of sp³-hybridized carbons (Fsp3) is 0.152. The van der Waals surface area contributed by atoms with E-state index in [1.54, 1.807) is 56.4 Å². The van der Waals surface area contributed by atoms with Gasteiger partial charge in [-0.2, -0.15) is 0 Å². The van der Waals surface area contributed by atoms with Crippen molar-refractivity contribution in [2.75, 3.05) is 33.6 Å². The molecular formula is C46H38Cl2F2IN7O9. The molecule has 3 aromatic carbocycles. The van der Waals surface area contributed by atoms with Gasteiger partial charge in [-0.1, -0.05) is 36.5 Å². The molecular weight excluding hydrogens is 1030 g/mol. The Hall–Kier alpha value is -7.28. The Morgan fingerprint density at radius 3 is 1.63 bits per heavy atom. The third kappa shape index (κ3) is 11.6. The van der Waals surface area contributed by atoms with Gasteiger partial charge in [0.2, 0.25) is 29.5 Å². The zero-order chi connectivity index (χ0) is 47.8. The first-order chi connectivity index (χ1) is 31.5. The number of aromatic nitrogens is 2. The van der Waals surface area contributed by atoms with E-state index in [4.69, 9.17) is 47.2 Å². The van der Waals surface area contributed by atoms with Gasteiger partial charge < -0.3 is 24.0 Å². The predicted molar refractivity (Wildman–Crippen MR) is 258 cm³/mol. The zero-order valence-corrected chi connectivity index (χ0v) is 38.6. The lowest BCUT2D eigenvalue weighted by Crippen LogP contribution is -2.24. The van der Waals surface area contributed by atoms with E-state index >= 15 is 0 Å². The molecule has 346 valence electrons. The number of carbonyl (C=O) groups is 5. The van der Waals surface area contributed by atoms with Crippen LogP contribution in [0.25, 0.3) is 21.9 Å². The highest BCUT2D eigenvalue weighted by Crippen LogP contribution is 2.44. The number of primary amides is 1. The molecule has 4 heterocycles. The lowest BCUT2D eigenvalue weighted by Gasteiger charge is -2.21. The lowest BCUT2D eigenvalue weighted by atomic mass is 10.1. The number of carbonyl (C=O) groups excluding carboxylic acids is 5. The van der Waals surface area contributed by atoms with Crippen LogP contribution in [0.5, 0.6) is 0 Å². The van der Waals surface area contributed by atoms with Gasteiger partial charge in [-0.3, -0.25) is 34.8 Å². The van der Waals surface area contributed by atoms with E-state index in [0.29, 0.717) is 36.9 Å². The first kappa shape index (κ1) is 50.7. The first-order valence-electron chi connectivity index (χ1n) is 19.3. The van der Waals surface area contributed by atoms with E-state index in [0.717, 1.165) is 12.1 Å². The predicted octanol–water partition coefficient (Wildman–Crippen LogP) is 11.5. The fourth-order valence-corrected chi connectivity index (χ4v) is 7.16. The second kappa shape index (κ2) is 22.3. The van der Waals surface area contributed by atoms with Crippen LogP contribution in [-0.4, -0.2) is 53.1 Å². The van der Waals surface area contributed by atoms with Crippen molar-refractivity contribution < 1.29 is 51.1 Å². The molecule has 4 aromatic heterocycles. The number of anilines is 6. The molecule has 16 nitrogen and oxygen atoms in total. The summed E-state index contributed by atoms with van der Waals surface area (Å²) in [6.07, 6.45) is 1.45. The molecule has 0 radical (unpaired) electrons. The molecule has 0 aliphatic carbocycles. The molecule has 7 rings (SSSR count). The smallest absolute Gasteiger partial charge is 0.414 e. The average Bonchev–Trinajstić information content (AvgIpc) is 3.81. The molecule has 0 aliphatic rings. The van der Waals surface area contributed by atoms with Crippen molar-refractivity contribution in [2.45, 2.75) is 35.1 Å². The van der Waals surface area contributed by atoms with Gasteiger partial charge in [0, 0.05) is 37.4 Å². The Balaban J connectivity index is 0.000000258. The molecule has 21 heteroatoms. The molecule has 0 atom stereocenters. The lowest BCUT2D eigenvalue weighted by molar-refractivity contribution is -0.116. The van der Waals surface area contributed by atoms with Crippen LogP contribution in [-0.2, 0) is 19.1 Å². The number of halogens is 5. The van der Waals surface area contributed by atoms with Crippen LogP contribution in [0.4, 0.5) is 52.9 Å². The summed E-state index contributed by atoms with van der Waals surface area (Å²) in [7, 11) is 0. The molecule has 4 N–H and O–H groups in total. The molecule has 0 unspecified atom stereocenters. The maximum Gasteiger partial charge on any atom is 0.414 e. The molecule has 7 aromatic rings. The SMILES string of the molecule is C.CCOC(=O)Nc1oc2c(C#Cc3ccc(C(N)=O)cc3)nccc2c1N(C(C)=O)c1ccc(F)c(Cl)c1.CCOC(=O)Nc1oc2c(I)nccc2c1N(C(C)=O)c1ccc(F)c(Cl)c1. The number of pyridine rings is 2. The molecule has 0 aliphatic heterocycles. The third-order valence-corrected chi connectivity index (χ3v) is 10.3. The van der Waals surface area contributed by atoms with Crippen LogP contribution >= 0.6 is 45.8 Å². The van der Waals surface area contributed by atoms with Crippen molar-refractivity contribution in [3.05, 3.63) is 127 Å². The quantitative estimate of drug-likeness (QED) is 0.0703. The Morgan fingerprint density at radius 1 is 0.716 bits per heavy atom. The zero-order valence-electron chi connectivity index (χ0n) is 34.9. The highest BCUT2D eigenvalue weighted by atomic mass is 127. The van der Waals surface area contributed by atoms with E-state index in [1.807, 2.05) is 22.6 Å². The molecule has 0 saturated heterocycles. The minimum absolute atomic E-state index is 0. The van der Waals surface area contributed by atoms with Crippen molar-refractivity contribution in [2.24, 2.45) is 5.73 Å². The van der Waals surface area contributed by atoms with Gasteiger partial charge in [-0.25, -0.2) is 28.3 Å². The van der Waals surface area contributed by atoms with Crippen molar-refractivity contribution in [1.29, 1.82) is 0 Å². The number of fused-ring (bicyclic) bond motifs is 2. The number of nitrogens with two attached hydrogens (primary N) is 1. The van der Waals surface area contributed by atoms with Crippen LogP contribution < -0.4 is 26.2 Å². The number of rotatable bonds is 9. The highest BCUT2D eigenvalue weighted by Gasteiger charge is 2.30. The van der Waals surface area contributed by atoms with Gasteiger partial charge in [-0.15, -0.1) is 0 Å². The normalized spacial score (nSPS) is 10.4. The van der Waals surface area contributed by atoms with Crippen LogP contribution in [0.2, 0.25) is 10.0 Å². The second-order valence-corrected chi connectivity index (χ2v) is 15.2. The minimum atomic E-state index is -0.816. The summed E-state index contributed by atoms with van der Waals surface area (Å²) in [5.41, 5.74) is 7.91. The van der Waals surface area contributed by atoms with Gasteiger partial charge in [0.25, 0.3) is 0 Å². The van der Waals surface area contributed by atoms with E-state index in [2.05, 4.69) is 32.4 Å². The number of ether oxygens (including phenoxy) is 2. The van der Waals surface area contributed by atoms with E-state index in [-0.39, 0.29) is 70.8 Å². The number of furan rings is 2. The van der Waals surface area contributed by atoms with Crippen molar-refractivity contribution in [3.8, 4) is 11.8 Å². The maximum atomic E-state index is 13.9. The molecule has 0 spiro atoms. The summed E-state index contributed by atoms with van der Waals surface area (Å²) in [5.74, 6) is 3.01. The Kier molecular flexibility index (Phi) is 16.9. The second-order valence-electron chi connectivity index (χ2n) is 13.4. The largest absolute Gasteiger partial charge is 0.450 e. The summed E-state index contributed by atoms with van der Waals surface area (Å²) in [4.78, 5) is 71.9. The summed E-state index contributed by atoms with van der Waals surface area (Å²) in [6, 6.07) is 17.2. The third-order valence-electron chi connectivity index (χ3n) is 8.99. The monoisotopic (exact) mass is 1070 g/mol. The molecule has 0 fully saturated rings. The number of benzene rings is 3. The van der Waals surface area contributed by atoms with E-state index < -0.39 is 41.5 Å². The highest BCUT2D eigenvalue weighted by molar-refractivity contribution is 14.1. The summed E-state index contributed by atoms with van der Waals surface area (Å²) >= 11 is 13.9. The van der Waals surface area contributed by atoms with Crippen molar-refractivity contribution >= 4 is 132 Å². The van der Waals surface area contributed by atoms with E-state index in [1.165, 1.54) is 54.1 Å². The Bertz CT molecular complexity index is 3100. The Labute approximate surface area is 404 Å². The van der Waals surface area contributed by atoms with Crippen LogP contribution in [0.3, 0.4) is 0 Å². The molecule has 0 bridgehead atoms. The molecule has 0 saturated carbocycles. The molecule has 5 amide bonds. The van der Waals surface area contributed by atoms with Crippen LogP contribution in [0.15, 0.2) is 94.0 Å². The number of hydrogen-bond acceptors (Lipinski definition) is 11. The van der Waals surface area contributed by atoms with Crippen LogP contribution in [0, 0.1) is 27.2 Å². The van der Waals surface area contributed by atoms with Gasteiger partial charge in [-0.05, 0) is 115 Å². The number of nitrogens with one attached hydrogen (secondary N) is 2. The van der Waals surface area contributed by atoms with Gasteiger partial charge in [0.05, 0.1) is 45.4 Å². The summed E-state index contributed by atoms with van der Waals surface area (Å²) in [6.45, 7) is 6.17. The van der Waals surface area contributed by atoms with Gasteiger partial charge in [0.1, 0.15) is 26.7 Å². The number of hydrogen-bond donors (Lipinski definition) is 3. The van der Waals surface area contributed by atoms with Gasteiger partial charge in [0.15, 0.2) is 16.9 Å². The standard InChI is InChI=1S/C27H20ClFN4O5.C18H14ClFIN3O4.CH4/c1-3-37-27(36)32-26-23(33(15(2)34)18-9-10-21(29)20(28)14-18)19-12-13-31-22(24(19)38-26)11-6-16-4-7-17(8-5-16)25(30)35;1-3-27-18(26)23-17-14(11-6-7-22-16(21)15(11)28-17)24(9(2)25)10-4-5-13(20)12(19)8-10;/h4-5,7-10,12-14H,3H2,1-2H3,(H2,30,35)(H,32,36);4-8H,3H2,1-2H3,(H,23,26);1H4. The summed E-state index contributed by atoms with van der Waals surface area (Å²) in [5, 5.41) is 5.57. The van der Waals surface area contributed by atoms with Crippen LogP contribution in [0.1, 0.15) is 56.7 Å². The molecule has 67 heavy (non-hydrogen) atoms. The Morgan fingerprint density at radius 2 is 1.18 bits per heavy atom. The van der Waals surface area contributed by atoms with Gasteiger partial charge >= 0.3 is 12.2 Å². The topological polar surface area (TPSA) is 212 Å². The van der Waals surface area contributed by atoms with E-state index in [9.17, 15) is 32.8 Å². The van der Waals surface area contributed by atoms with Crippen molar-refractivity contribution in [3.63, 3.8) is 0 Å². The fourth-order valence-electron chi connectivity index (χ4n) is 6.25. The van der Waals surface area contributed by atoms with Crippen molar-refractivity contribution in [1.82, 2.24) is 9.97 Å². The number of nitrogens with zero attached hydrogens (tertiary/aromatic N) is 4. The average molecular weight is 1070 g/mol. The maximum absolute atomic E-state index is 13.9. The first-order valence-corrected chi connectivity index (χ1v) is 21.2. The minimum Gasteiger partial charge on any atom is -0.450 e.